The second kappa shape index (κ2) is 7.87. The summed E-state index contributed by atoms with van der Waals surface area (Å²) >= 11 is 0. The topological polar surface area (TPSA) is 97.0 Å². The van der Waals surface area contributed by atoms with E-state index in [-0.39, 0.29) is 31.4 Å². The van der Waals surface area contributed by atoms with Crippen LogP contribution in [0, 0.1) is 0 Å². The number of carbonyl (C=O) groups is 2. The second-order valence-corrected chi connectivity index (χ2v) is 6.28. The van der Waals surface area contributed by atoms with Crippen LogP contribution in [0.25, 0.3) is 21.8 Å². The highest BCUT2D eigenvalue weighted by Crippen LogP contribution is 2.17. The van der Waals surface area contributed by atoms with E-state index in [2.05, 4.69) is 20.5 Å². The number of esters is 1. The number of aromatic amines is 1. The zero-order chi connectivity index (χ0) is 19.3. The summed E-state index contributed by atoms with van der Waals surface area (Å²) < 4.78 is 5.33. The van der Waals surface area contributed by atoms with Crippen molar-refractivity contribution in [3.05, 3.63) is 72.1 Å². The summed E-state index contributed by atoms with van der Waals surface area (Å²) in [6.07, 6.45) is 1.79. The third-order valence-electron chi connectivity index (χ3n) is 4.41. The lowest BCUT2D eigenvalue weighted by molar-refractivity contribution is -0.144. The van der Waals surface area contributed by atoms with Crippen molar-refractivity contribution in [3.63, 3.8) is 0 Å². The van der Waals surface area contributed by atoms with Crippen LogP contribution in [0.1, 0.15) is 22.5 Å². The Morgan fingerprint density at radius 3 is 2.82 bits per heavy atom. The fourth-order valence-corrected chi connectivity index (χ4v) is 3.01. The van der Waals surface area contributed by atoms with Gasteiger partial charge in [-0.2, -0.15) is 5.10 Å². The Hall–Kier alpha value is -3.74. The Morgan fingerprint density at radius 1 is 1.04 bits per heavy atom. The van der Waals surface area contributed by atoms with Gasteiger partial charge in [0, 0.05) is 29.1 Å². The lowest BCUT2D eigenvalue weighted by Gasteiger charge is -2.08. The summed E-state index contributed by atoms with van der Waals surface area (Å²) in [5.41, 5.74) is 2.76. The second-order valence-electron chi connectivity index (χ2n) is 6.28. The molecule has 2 aromatic heterocycles. The van der Waals surface area contributed by atoms with Crippen LogP contribution in [0.15, 0.2) is 60.8 Å². The average Bonchev–Trinajstić information content (AvgIpc) is 3.16. The maximum Gasteiger partial charge on any atom is 0.307 e. The zero-order valence-corrected chi connectivity index (χ0v) is 15.0. The van der Waals surface area contributed by atoms with Crippen molar-refractivity contribution in [1.82, 2.24) is 20.5 Å². The summed E-state index contributed by atoms with van der Waals surface area (Å²) in [6, 6.07) is 16.9. The molecule has 0 aliphatic heterocycles. The third-order valence-corrected chi connectivity index (χ3v) is 4.41. The molecule has 0 aliphatic carbocycles. The van der Waals surface area contributed by atoms with Gasteiger partial charge in [-0.1, -0.05) is 42.5 Å². The summed E-state index contributed by atoms with van der Waals surface area (Å²) in [5, 5.41) is 11.3. The van der Waals surface area contributed by atoms with Crippen molar-refractivity contribution in [1.29, 1.82) is 0 Å². The monoisotopic (exact) mass is 374 g/mol. The number of para-hydroxylation sites is 2. The van der Waals surface area contributed by atoms with Crippen LogP contribution in [0.2, 0.25) is 0 Å². The Balaban J connectivity index is 1.29. The molecule has 2 aromatic carbocycles. The molecule has 4 aromatic rings. The van der Waals surface area contributed by atoms with Crippen LogP contribution >= 0.6 is 0 Å². The molecule has 0 atom stereocenters. The van der Waals surface area contributed by atoms with Crippen LogP contribution in [-0.4, -0.2) is 33.6 Å². The highest BCUT2D eigenvalue weighted by molar-refractivity contribution is 6.04. The first-order chi connectivity index (χ1) is 13.7. The van der Waals surface area contributed by atoms with Crippen LogP contribution in [0.5, 0.6) is 0 Å². The number of hydrogen-bond donors (Lipinski definition) is 2. The molecule has 0 fully saturated rings. The first-order valence-corrected chi connectivity index (χ1v) is 8.92. The number of benzene rings is 2. The molecule has 28 heavy (non-hydrogen) atoms. The van der Waals surface area contributed by atoms with Crippen LogP contribution < -0.4 is 5.32 Å². The van der Waals surface area contributed by atoms with Gasteiger partial charge in [0.1, 0.15) is 6.61 Å². The highest BCUT2D eigenvalue weighted by atomic mass is 16.5. The van der Waals surface area contributed by atoms with E-state index in [0.29, 0.717) is 5.69 Å². The van der Waals surface area contributed by atoms with Crippen molar-refractivity contribution in [2.24, 2.45) is 0 Å². The minimum Gasteiger partial charge on any atom is -0.461 e. The lowest BCUT2D eigenvalue weighted by atomic mass is 10.1. The van der Waals surface area contributed by atoms with E-state index in [1.165, 1.54) is 0 Å². The summed E-state index contributed by atoms with van der Waals surface area (Å²) in [6.45, 7) is 0.317. The molecule has 7 nitrogen and oxygen atoms in total. The summed E-state index contributed by atoms with van der Waals surface area (Å²) in [7, 11) is 0. The van der Waals surface area contributed by atoms with E-state index in [1.54, 1.807) is 6.20 Å². The molecule has 0 radical (unpaired) electrons. The van der Waals surface area contributed by atoms with E-state index in [0.717, 1.165) is 27.4 Å². The number of pyridine rings is 1. The quantitative estimate of drug-likeness (QED) is 0.506. The molecule has 0 bridgehead atoms. The van der Waals surface area contributed by atoms with Gasteiger partial charge in [0.05, 0.1) is 17.5 Å². The van der Waals surface area contributed by atoms with Crippen LogP contribution in [0.4, 0.5) is 0 Å². The van der Waals surface area contributed by atoms with Crippen LogP contribution in [0.3, 0.4) is 0 Å². The van der Waals surface area contributed by atoms with Gasteiger partial charge in [0.15, 0.2) is 5.69 Å². The van der Waals surface area contributed by atoms with Crippen molar-refractivity contribution in [2.45, 2.75) is 13.0 Å². The normalized spacial score (nSPS) is 10.9. The van der Waals surface area contributed by atoms with Gasteiger partial charge in [0.25, 0.3) is 5.91 Å². The number of amides is 1. The number of aromatic nitrogens is 3. The van der Waals surface area contributed by atoms with E-state index < -0.39 is 0 Å². The molecule has 1 amide bonds. The Labute approximate surface area is 160 Å². The lowest BCUT2D eigenvalue weighted by Crippen LogP contribution is -2.27. The van der Waals surface area contributed by atoms with Gasteiger partial charge in [-0.3, -0.25) is 19.7 Å². The highest BCUT2D eigenvalue weighted by Gasteiger charge is 2.14. The standard InChI is InChI=1S/C21H18N4O3/c26-18(28-13-15-6-3-5-14-7-4-11-22-19(14)15)10-12-23-21(27)20-16-8-1-2-9-17(16)24-25-20/h1-9,11H,10,12-13H2,(H,23,27)(H,24,25). The maximum absolute atomic E-state index is 12.3. The van der Waals surface area contributed by atoms with Crippen molar-refractivity contribution in [3.8, 4) is 0 Å². The molecule has 140 valence electrons. The summed E-state index contributed by atoms with van der Waals surface area (Å²) in [4.78, 5) is 28.6. The molecular weight excluding hydrogens is 356 g/mol. The fraction of sp³-hybridized carbons (Fsp3) is 0.143. The molecule has 4 rings (SSSR count). The Morgan fingerprint density at radius 2 is 1.89 bits per heavy atom. The molecule has 0 saturated heterocycles. The molecule has 2 heterocycles. The van der Waals surface area contributed by atoms with Gasteiger partial charge in [-0.15, -0.1) is 0 Å². The molecule has 0 unspecified atom stereocenters. The minimum atomic E-state index is -0.389. The number of nitrogens with zero attached hydrogens (tertiary/aromatic N) is 2. The van der Waals surface area contributed by atoms with Gasteiger partial charge >= 0.3 is 5.97 Å². The number of hydrogen-bond acceptors (Lipinski definition) is 5. The van der Waals surface area contributed by atoms with Gasteiger partial charge in [-0.05, 0) is 12.1 Å². The van der Waals surface area contributed by atoms with Gasteiger partial charge in [-0.25, -0.2) is 0 Å². The molecular formula is C21H18N4O3. The molecule has 2 N–H and O–H groups in total. The van der Waals surface area contributed by atoms with Crippen LogP contribution in [-0.2, 0) is 16.1 Å². The number of carbonyl (C=O) groups excluding carboxylic acids is 2. The molecule has 7 heteroatoms. The minimum absolute atomic E-state index is 0.0757. The van der Waals surface area contributed by atoms with Gasteiger partial charge < -0.3 is 10.1 Å². The first-order valence-electron chi connectivity index (χ1n) is 8.92. The smallest absolute Gasteiger partial charge is 0.307 e. The fourth-order valence-electron chi connectivity index (χ4n) is 3.01. The molecule has 0 aliphatic rings. The van der Waals surface area contributed by atoms with Crippen molar-refractivity contribution < 1.29 is 14.3 Å². The number of nitrogens with one attached hydrogen (secondary N) is 2. The van der Waals surface area contributed by atoms with E-state index >= 15 is 0 Å². The van der Waals surface area contributed by atoms with Crippen molar-refractivity contribution >= 4 is 33.7 Å². The third kappa shape index (κ3) is 3.68. The SMILES string of the molecule is O=C(CCNC(=O)c1n[nH]c2ccccc12)OCc1cccc2cccnc12. The first kappa shape index (κ1) is 17.7. The Bertz CT molecular complexity index is 1150. The Kier molecular flexibility index (Phi) is 4.97. The molecule has 0 spiro atoms. The molecule has 0 saturated carbocycles. The van der Waals surface area contributed by atoms with Gasteiger partial charge in [0.2, 0.25) is 0 Å². The summed E-state index contributed by atoms with van der Waals surface area (Å²) in [5.74, 6) is -0.719. The number of rotatable bonds is 6. The number of ether oxygens (including phenoxy) is 1. The van der Waals surface area contributed by atoms with Crippen molar-refractivity contribution in [2.75, 3.05) is 6.54 Å². The van der Waals surface area contributed by atoms with E-state index in [4.69, 9.17) is 4.74 Å². The van der Waals surface area contributed by atoms with E-state index in [9.17, 15) is 9.59 Å². The number of fused-ring (bicyclic) bond motifs is 2. The average molecular weight is 374 g/mol. The zero-order valence-electron chi connectivity index (χ0n) is 15.0. The predicted octanol–water partition coefficient (Wildman–Crippen LogP) is 2.97. The largest absolute Gasteiger partial charge is 0.461 e. The van der Waals surface area contributed by atoms with E-state index in [1.807, 2.05) is 54.6 Å². The predicted molar refractivity (Wildman–Crippen MR) is 105 cm³/mol. The number of H-pyrrole nitrogens is 1. The maximum atomic E-state index is 12.3.